The summed E-state index contributed by atoms with van der Waals surface area (Å²) in [6.45, 7) is 9.34. The molecular formula is C20H32N2O4. The second-order valence-corrected chi connectivity index (χ2v) is 6.34. The van der Waals surface area contributed by atoms with Gasteiger partial charge in [-0.1, -0.05) is 39.7 Å². The van der Waals surface area contributed by atoms with Gasteiger partial charge >= 0.3 is 12.2 Å². The van der Waals surface area contributed by atoms with Crippen LogP contribution in [0.15, 0.2) is 24.3 Å². The number of benzene rings is 1. The molecule has 0 heterocycles. The van der Waals surface area contributed by atoms with Crippen molar-refractivity contribution in [2.45, 2.75) is 65.9 Å². The number of carbonyl (C=O) groups is 2. The molecule has 0 aromatic heterocycles. The van der Waals surface area contributed by atoms with E-state index in [1.54, 1.807) is 29.2 Å². The zero-order valence-corrected chi connectivity index (χ0v) is 16.4. The highest BCUT2D eigenvalue weighted by Crippen LogP contribution is 2.19. The number of hydrogen-bond acceptors (Lipinski definition) is 4. The van der Waals surface area contributed by atoms with Crippen LogP contribution < -0.4 is 10.1 Å². The van der Waals surface area contributed by atoms with E-state index in [0.717, 1.165) is 32.1 Å². The number of unbranched alkanes of at least 4 members (excludes halogenated alkanes) is 2. The third-order valence-corrected chi connectivity index (χ3v) is 3.99. The van der Waals surface area contributed by atoms with Gasteiger partial charge in [0, 0.05) is 24.8 Å². The molecule has 1 aromatic rings. The van der Waals surface area contributed by atoms with Crippen LogP contribution in [0.4, 0.5) is 15.3 Å². The average Bonchev–Trinajstić information content (AvgIpc) is 2.61. The summed E-state index contributed by atoms with van der Waals surface area (Å²) in [5, 5.41) is 2.65. The molecule has 146 valence electrons. The molecule has 6 heteroatoms. The first-order valence-corrected chi connectivity index (χ1v) is 9.54. The normalized spacial score (nSPS) is 11.5. The van der Waals surface area contributed by atoms with E-state index in [9.17, 15) is 9.59 Å². The molecule has 6 nitrogen and oxygen atoms in total. The Morgan fingerprint density at radius 3 is 2.35 bits per heavy atom. The third-order valence-electron chi connectivity index (χ3n) is 3.99. The molecule has 0 aliphatic rings. The number of carbonyl (C=O) groups excluding carboxylic acids is 2. The van der Waals surface area contributed by atoms with Crippen LogP contribution in [-0.4, -0.2) is 36.3 Å². The van der Waals surface area contributed by atoms with Crippen molar-refractivity contribution in [3.05, 3.63) is 24.3 Å². The van der Waals surface area contributed by atoms with Crippen molar-refractivity contribution >= 4 is 17.9 Å². The van der Waals surface area contributed by atoms with E-state index in [0.29, 0.717) is 24.5 Å². The number of anilines is 1. The monoisotopic (exact) mass is 364 g/mol. The molecule has 0 aliphatic heterocycles. The van der Waals surface area contributed by atoms with Gasteiger partial charge in [-0.25, -0.2) is 9.59 Å². The van der Waals surface area contributed by atoms with Gasteiger partial charge in [-0.15, -0.1) is 0 Å². The molecule has 0 aliphatic carbocycles. The van der Waals surface area contributed by atoms with E-state index in [2.05, 4.69) is 19.2 Å². The standard InChI is InChI=1S/C20H32N2O4/c1-5-8-13-22(14-9-6-2)20(24)26-18-12-10-11-17(15-18)21-19(23)25-16(4)7-3/h10-12,15-16H,5-9,13-14H2,1-4H3,(H,21,23). The van der Waals surface area contributed by atoms with E-state index in [1.807, 2.05) is 13.8 Å². The Morgan fingerprint density at radius 1 is 1.12 bits per heavy atom. The van der Waals surface area contributed by atoms with Crippen LogP contribution in [0, 0.1) is 0 Å². The summed E-state index contributed by atoms with van der Waals surface area (Å²) >= 11 is 0. The SMILES string of the molecule is CCCCN(CCCC)C(=O)Oc1cccc(NC(=O)OC(C)CC)c1. The predicted octanol–water partition coefficient (Wildman–Crippen LogP) is 5.43. The quantitative estimate of drug-likeness (QED) is 0.601. The second-order valence-electron chi connectivity index (χ2n) is 6.34. The van der Waals surface area contributed by atoms with E-state index in [4.69, 9.17) is 9.47 Å². The lowest BCUT2D eigenvalue weighted by Crippen LogP contribution is -2.35. The molecular weight excluding hydrogens is 332 g/mol. The van der Waals surface area contributed by atoms with Gasteiger partial charge in [-0.2, -0.15) is 0 Å². The number of rotatable bonds is 10. The molecule has 1 aromatic carbocycles. The molecule has 0 bridgehead atoms. The van der Waals surface area contributed by atoms with Gasteiger partial charge in [0.05, 0.1) is 0 Å². The van der Waals surface area contributed by atoms with Crippen LogP contribution in [0.5, 0.6) is 5.75 Å². The summed E-state index contributed by atoms with van der Waals surface area (Å²) in [6, 6.07) is 6.76. The molecule has 1 unspecified atom stereocenters. The summed E-state index contributed by atoms with van der Waals surface area (Å²) in [5.41, 5.74) is 0.525. The van der Waals surface area contributed by atoms with Gasteiger partial charge in [0.2, 0.25) is 0 Å². The Morgan fingerprint density at radius 2 is 1.77 bits per heavy atom. The van der Waals surface area contributed by atoms with Crippen LogP contribution >= 0.6 is 0 Å². The predicted molar refractivity (Wildman–Crippen MR) is 104 cm³/mol. The lowest BCUT2D eigenvalue weighted by molar-refractivity contribution is 0.118. The molecule has 26 heavy (non-hydrogen) atoms. The first kappa shape index (κ1) is 21.8. The molecule has 0 radical (unpaired) electrons. The van der Waals surface area contributed by atoms with Gasteiger partial charge in [0.15, 0.2) is 0 Å². The summed E-state index contributed by atoms with van der Waals surface area (Å²) < 4.78 is 10.7. The van der Waals surface area contributed by atoms with Crippen LogP contribution in [0.25, 0.3) is 0 Å². The smallest absolute Gasteiger partial charge is 0.415 e. The Kier molecular flexibility index (Phi) is 10.2. The molecule has 0 saturated carbocycles. The summed E-state index contributed by atoms with van der Waals surface area (Å²) in [6.07, 6.45) is 3.66. The minimum absolute atomic E-state index is 0.151. The fraction of sp³-hybridized carbons (Fsp3) is 0.600. The zero-order valence-electron chi connectivity index (χ0n) is 16.4. The van der Waals surface area contributed by atoms with Crippen LogP contribution in [-0.2, 0) is 4.74 Å². The number of nitrogens with one attached hydrogen (secondary N) is 1. The summed E-state index contributed by atoms with van der Waals surface area (Å²) in [4.78, 5) is 26.0. The molecule has 1 atom stereocenters. The average molecular weight is 364 g/mol. The van der Waals surface area contributed by atoms with E-state index >= 15 is 0 Å². The van der Waals surface area contributed by atoms with Crippen molar-refractivity contribution in [2.75, 3.05) is 18.4 Å². The Bertz CT molecular complexity index is 554. The van der Waals surface area contributed by atoms with E-state index in [-0.39, 0.29) is 12.2 Å². The maximum absolute atomic E-state index is 12.4. The van der Waals surface area contributed by atoms with Crippen molar-refractivity contribution in [2.24, 2.45) is 0 Å². The van der Waals surface area contributed by atoms with E-state index in [1.165, 1.54) is 0 Å². The maximum atomic E-state index is 12.4. The molecule has 2 amide bonds. The second kappa shape index (κ2) is 12.2. The lowest BCUT2D eigenvalue weighted by Gasteiger charge is -2.21. The highest BCUT2D eigenvalue weighted by molar-refractivity contribution is 5.85. The number of amides is 2. The minimum atomic E-state index is -0.518. The minimum Gasteiger partial charge on any atom is -0.446 e. The third kappa shape index (κ3) is 8.23. The summed E-state index contributed by atoms with van der Waals surface area (Å²) in [7, 11) is 0. The molecule has 0 fully saturated rings. The van der Waals surface area contributed by atoms with Gasteiger partial charge < -0.3 is 14.4 Å². The fourth-order valence-electron chi connectivity index (χ4n) is 2.21. The largest absolute Gasteiger partial charge is 0.446 e. The fourth-order valence-corrected chi connectivity index (χ4v) is 2.21. The molecule has 0 saturated heterocycles. The topological polar surface area (TPSA) is 67.9 Å². The lowest BCUT2D eigenvalue weighted by atomic mass is 10.3. The van der Waals surface area contributed by atoms with E-state index < -0.39 is 6.09 Å². The van der Waals surface area contributed by atoms with Crippen LogP contribution in [0.1, 0.15) is 59.8 Å². The number of ether oxygens (including phenoxy) is 2. The van der Waals surface area contributed by atoms with Crippen LogP contribution in [0.2, 0.25) is 0 Å². The van der Waals surface area contributed by atoms with Crippen LogP contribution in [0.3, 0.4) is 0 Å². The highest BCUT2D eigenvalue weighted by atomic mass is 16.6. The highest BCUT2D eigenvalue weighted by Gasteiger charge is 2.15. The van der Waals surface area contributed by atoms with Crippen molar-refractivity contribution < 1.29 is 19.1 Å². The molecule has 0 spiro atoms. The van der Waals surface area contributed by atoms with Crippen molar-refractivity contribution in [1.29, 1.82) is 0 Å². The number of hydrogen-bond donors (Lipinski definition) is 1. The van der Waals surface area contributed by atoms with Gasteiger partial charge in [0.1, 0.15) is 11.9 Å². The number of nitrogens with zero attached hydrogens (tertiary/aromatic N) is 1. The Hall–Kier alpha value is -2.24. The Labute approximate surface area is 156 Å². The van der Waals surface area contributed by atoms with Crippen molar-refractivity contribution in [3.8, 4) is 5.75 Å². The zero-order chi connectivity index (χ0) is 19.4. The van der Waals surface area contributed by atoms with Crippen molar-refractivity contribution in [1.82, 2.24) is 4.90 Å². The Balaban J connectivity index is 2.67. The van der Waals surface area contributed by atoms with Gasteiger partial charge in [0.25, 0.3) is 0 Å². The molecule has 1 N–H and O–H groups in total. The maximum Gasteiger partial charge on any atom is 0.415 e. The first-order chi connectivity index (χ1) is 12.5. The summed E-state index contributed by atoms with van der Waals surface area (Å²) in [5.74, 6) is 0.398. The molecule has 1 rings (SSSR count). The van der Waals surface area contributed by atoms with Gasteiger partial charge in [-0.05, 0) is 38.3 Å². The van der Waals surface area contributed by atoms with Gasteiger partial charge in [-0.3, -0.25) is 5.32 Å². The first-order valence-electron chi connectivity index (χ1n) is 9.54. The van der Waals surface area contributed by atoms with Crippen molar-refractivity contribution in [3.63, 3.8) is 0 Å².